The maximum atomic E-state index is 11.9. The van der Waals surface area contributed by atoms with Crippen LogP contribution in [0.15, 0.2) is 22.9 Å². The number of rotatable bonds is 6. The molecule has 1 fully saturated rings. The molecule has 25 heavy (non-hydrogen) atoms. The molecule has 0 aliphatic carbocycles. The third kappa shape index (κ3) is 4.55. The van der Waals surface area contributed by atoms with E-state index in [9.17, 15) is 8.42 Å². The van der Waals surface area contributed by atoms with Crippen molar-refractivity contribution in [2.75, 3.05) is 37.1 Å². The Balaban J connectivity index is 1.82. The van der Waals surface area contributed by atoms with Crippen molar-refractivity contribution < 1.29 is 17.7 Å². The molecule has 0 spiro atoms. The van der Waals surface area contributed by atoms with Crippen LogP contribution in [0.3, 0.4) is 0 Å². The Hall–Kier alpha value is -2.00. The van der Waals surface area contributed by atoms with Gasteiger partial charge in [0.1, 0.15) is 15.7 Å². The summed E-state index contributed by atoms with van der Waals surface area (Å²) < 4.78 is 34.4. The highest BCUT2D eigenvalue weighted by molar-refractivity contribution is 7.90. The SMILES string of the molecule is Cc1noc(-c2cccnc2NCC2(CS(C)(=O)=O)CCOCC2)n1. The van der Waals surface area contributed by atoms with Crippen LogP contribution in [0.1, 0.15) is 18.7 Å². The summed E-state index contributed by atoms with van der Waals surface area (Å²) in [6.45, 7) is 3.37. The Morgan fingerprint density at radius 2 is 2.08 bits per heavy atom. The van der Waals surface area contributed by atoms with E-state index < -0.39 is 9.84 Å². The molecule has 0 unspecified atom stereocenters. The number of pyridine rings is 1. The monoisotopic (exact) mass is 366 g/mol. The zero-order chi connectivity index (χ0) is 17.9. The van der Waals surface area contributed by atoms with Gasteiger partial charge in [-0.15, -0.1) is 0 Å². The number of hydrogen-bond donors (Lipinski definition) is 1. The van der Waals surface area contributed by atoms with E-state index in [0.717, 1.165) is 0 Å². The zero-order valence-electron chi connectivity index (χ0n) is 14.4. The van der Waals surface area contributed by atoms with Crippen molar-refractivity contribution in [3.8, 4) is 11.5 Å². The van der Waals surface area contributed by atoms with E-state index in [2.05, 4.69) is 20.4 Å². The summed E-state index contributed by atoms with van der Waals surface area (Å²) in [6.07, 6.45) is 4.32. The smallest absolute Gasteiger partial charge is 0.261 e. The molecule has 1 N–H and O–H groups in total. The Morgan fingerprint density at radius 1 is 1.32 bits per heavy atom. The van der Waals surface area contributed by atoms with Gasteiger partial charge in [0.05, 0.1) is 11.3 Å². The number of anilines is 1. The van der Waals surface area contributed by atoms with Crippen LogP contribution in [0.4, 0.5) is 5.82 Å². The van der Waals surface area contributed by atoms with Crippen molar-refractivity contribution in [3.63, 3.8) is 0 Å². The quantitative estimate of drug-likeness (QED) is 0.823. The predicted octanol–water partition coefficient (Wildman–Crippen LogP) is 1.69. The second kappa shape index (κ2) is 7.09. The molecular formula is C16H22N4O4S. The van der Waals surface area contributed by atoms with Gasteiger partial charge in [-0.1, -0.05) is 5.16 Å². The van der Waals surface area contributed by atoms with Crippen LogP contribution in [0.2, 0.25) is 0 Å². The van der Waals surface area contributed by atoms with Crippen LogP contribution in [0.5, 0.6) is 0 Å². The third-order valence-electron chi connectivity index (χ3n) is 4.32. The van der Waals surface area contributed by atoms with Crippen LogP contribution in [-0.4, -0.2) is 55.3 Å². The molecule has 0 amide bonds. The Morgan fingerprint density at radius 3 is 2.72 bits per heavy atom. The van der Waals surface area contributed by atoms with Crippen molar-refractivity contribution in [1.82, 2.24) is 15.1 Å². The highest BCUT2D eigenvalue weighted by Gasteiger charge is 2.36. The van der Waals surface area contributed by atoms with Crippen LogP contribution in [-0.2, 0) is 14.6 Å². The molecule has 0 bridgehead atoms. The second-order valence-corrected chi connectivity index (χ2v) is 8.72. The fraction of sp³-hybridized carbons (Fsp3) is 0.562. The van der Waals surface area contributed by atoms with Gasteiger partial charge in [-0.2, -0.15) is 4.98 Å². The van der Waals surface area contributed by atoms with Gasteiger partial charge < -0.3 is 14.6 Å². The summed E-state index contributed by atoms with van der Waals surface area (Å²) in [5, 5.41) is 7.10. The average Bonchev–Trinajstić information content (AvgIpc) is 2.99. The zero-order valence-corrected chi connectivity index (χ0v) is 15.2. The van der Waals surface area contributed by atoms with E-state index in [1.165, 1.54) is 6.26 Å². The molecule has 2 aromatic heterocycles. The highest BCUT2D eigenvalue weighted by atomic mass is 32.2. The molecule has 3 heterocycles. The Kier molecular flexibility index (Phi) is 5.05. The Bertz CT molecular complexity index is 828. The van der Waals surface area contributed by atoms with Gasteiger partial charge in [0.25, 0.3) is 5.89 Å². The van der Waals surface area contributed by atoms with Gasteiger partial charge >= 0.3 is 0 Å². The minimum Gasteiger partial charge on any atom is -0.381 e. The summed E-state index contributed by atoms with van der Waals surface area (Å²) in [5.41, 5.74) is 0.329. The number of hydrogen-bond acceptors (Lipinski definition) is 8. The van der Waals surface area contributed by atoms with Crippen molar-refractivity contribution in [2.45, 2.75) is 19.8 Å². The molecular weight excluding hydrogens is 344 g/mol. The van der Waals surface area contributed by atoms with Crippen LogP contribution in [0, 0.1) is 12.3 Å². The average molecular weight is 366 g/mol. The number of aryl methyl sites for hydroxylation is 1. The molecule has 1 saturated heterocycles. The van der Waals surface area contributed by atoms with E-state index in [1.54, 1.807) is 19.2 Å². The first-order valence-electron chi connectivity index (χ1n) is 8.12. The van der Waals surface area contributed by atoms with E-state index in [1.807, 2.05) is 6.07 Å². The van der Waals surface area contributed by atoms with Gasteiger partial charge in [-0.3, -0.25) is 0 Å². The van der Waals surface area contributed by atoms with Gasteiger partial charge in [-0.05, 0) is 31.9 Å². The molecule has 3 rings (SSSR count). The van der Waals surface area contributed by atoms with Gasteiger partial charge in [0, 0.05) is 37.6 Å². The van der Waals surface area contributed by atoms with E-state index >= 15 is 0 Å². The van der Waals surface area contributed by atoms with Crippen LogP contribution >= 0.6 is 0 Å². The minimum atomic E-state index is -3.10. The molecule has 9 heteroatoms. The lowest BCUT2D eigenvalue weighted by Crippen LogP contribution is -2.41. The largest absolute Gasteiger partial charge is 0.381 e. The van der Waals surface area contributed by atoms with Crippen LogP contribution < -0.4 is 5.32 Å². The first kappa shape index (κ1) is 17.8. The Labute approximate surface area is 146 Å². The van der Waals surface area contributed by atoms with Gasteiger partial charge in [0.15, 0.2) is 5.82 Å². The summed E-state index contributed by atoms with van der Waals surface area (Å²) in [7, 11) is -3.10. The van der Waals surface area contributed by atoms with E-state index in [4.69, 9.17) is 9.26 Å². The molecule has 1 aliphatic rings. The molecule has 0 saturated carbocycles. The third-order valence-corrected chi connectivity index (χ3v) is 5.46. The first-order chi connectivity index (χ1) is 11.9. The topological polar surface area (TPSA) is 107 Å². The number of nitrogens with zero attached hydrogens (tertiary/aromatic N) is 3. The molecule has 0 atom stereocenters. The molecule has 0 aromatic carbocycles. The standard InChI is InChI=1S/C16H22N4O4S/c1-12-19-15(24-20-12)13-4-3-7-17-14(13)18-10-16(11-25(2,21)22)5-8-23-9-6-16/h3-4,7H,5-6,8-11H2,1-2H3,(H,17,18). The molecule has 0 radical (unpaired) electrons. The van der Waals surface area contributed by atoms with Crippen molar-refractivity contribution >= 4 is 15.7 Å². The van der Waals surface area contributed by atoms with Crippen molar-refractivity contribution in [2.24, 2.45) is 5.41 Å². The normalized spacial score (nSPS) is 17.4. The summed E-state index contributed by atoms with van der Waals surface area (Å²) in [6, 6.07) is 3.64. The highest BCUT2D eigenvalue weighted by Crippen LogP contribution is 2.33. The number of nitrogens with one attached hydrogen (secondary N) is 1. The second-order valence-electron chi connectivity index (χ2n) is 6.58. The molecule has 136 valence electrons. The fourth-order valence-corrected chi connectivity index (χ4v) is 4.63. The number of sulfone groups is 1. The van der Waals surface area contributed by atoms with Gasteiger partial charge in [0.2, 0.25) is 0 Å². The fourth-order valence-electron chi connectivity index (χ4n) is 3.13. The summed E-state index contributed by atoms with van der Waals surface area (Å²) >= 11 is 0. The van der Waals surface area contributed by atoms with E-state index in [-0.39, 0.29) is 11.2 Å². The summed E-state index contributed by atoms with van der Waals surface area (Å²) in [5.74, 6) is 1.66. The molecule has 8 nitrogen and oxygen atoms in total. The lowest BCUT2D eigenvalue weighted by atomic mass is 9.82. The van der Waals surface area contributed by atoms with Crippen molar-refractivity contribution in [3.05, 3.63) is 24.2 Å². The lowest BCUT2D eigenvalue weighted by Gasteiger charge is -2.36. The minimum absolute atomic E-state index is 0.123. The first-order valence-corrected chi connectivity index (χ1v) is 10.2. The summed E-state index contributed by atoms with van der Waals surface area (Å²) in [4.78, 5) is 8.60. The maximum Gasteiger partial charge on any atom is 0.261 e. The molecule has 1 aliphatic heterocycles. The predicted molar refractivity (Wildman–Crippen MR) is 93.0 cm³/mol. The van der Waals surface area contributed by atoms with Gasteiger partial charge in [-0.25, -0.2) is 13.4 Å². The number of ether oxygens (including phenoxy) is 1. The maximum absolute atomic E-state index is 11.9. The van der Waals surface area contributed by atoms with Crippen LogP contribution in [0.25, 0.3) is 11.5 Å². The molecule has 2 aromatic rings. The van der Waals surface area contributed by atoms with E-state index in [0.29, 0.717) is 55.7 Å². The van der Waals surface area contributed by atoms with Crippen molar-refractivity contribution in [1.29, 1.82) is 0 Å². The lowest BCUT2D eigenvalue weighted by molar-refractivity contribution is 0.0315. The number of aromatic nitrogens is 3.